The molecule has 1 aromatic heterocycles. The molecule has 0 spiro atoms. The summed E-state index contributed by atoms with van der Waals surface area (Å²) >= 11 is 0. The first-order chi connectivity index (χ1) is 9.11. The quantitative estimate of drug-likeness (QED) is 0.769. The average Bonchev–Trinajstić information content (AvgIpc) is 2.82. The van der Waals surface area contributed by atoms with Gasteiger partial charge in [-0.05, 0) is 18.6 Å². The van der Waals surface area contributed by atoms with Crippen LogP contribution < -0.4 is 5.32 Å². The summed E-state index contributed by atoms with van der Waals surface area (Å²) in [6, 6.07) is 9.34. The van der Waals surface area contributed by atoms with Gasteiger partial charge in [0.2, 0.25) is 0 Å². The Morgan fingerprint density at radius 1 is 1.37 bits per heavy atom. The Kier molecular flexibility index (Phi) is 3.85. The Morgan fingerprint density at radius 2 is 2.11 bits per heavy atom. The lowest BCUT2D eigenvalue weighted by Gasteiger charge is -2.10. The second-order valence-corrected chi connectivity index (χ2v) is 4.42. The van der Waals surface area contributed by atoms with E-state index in [0.29, 0.717) is 12.1 Å². The number of carboxylic acids is 1. The lowest BCUT2D eigenvalue weighted by Crippen LogP contribution is -2.32. The first-order valence-corrected chi connectivity index (χ1v) is 6.20. The summed E-state index contributed by atoms with van der Waals surface area (Å²) in [5.74, 6) is -1.72. The predicted molar refractivity (Wildman–Crippen MR) is 72.0 cm³/mol. The number of hydrogen-bond donors (Lipinski definition) is 3. The van der Waals surface area contributed by atoms with E-state index in [1.807, 2.05) is 24.3 Å². The van der Waals surface area contributed by atoms with E-state index in [4.69, 9.17) is 5.11 Å². The zero-order chi connectivity index (χ0) is 13.8. The molecule has 0 aliphatic heterocycles. The number of aromatic nitrogens is 1. The molecule has 0 aliphatic carbocycles. The second-order valence-electron chi connectivity index (χ2n) is 4.42. The molecule has 5 heteroatoms. The van der Waals surface area contributed by atoms with Gasteiger partial charge in [0.15, 0.2) is 0 Å². The van der Waals surface area contributed by atoms with Gasteiger partial charge in [-0.25, -0.2) is 0 Å². The molecule has 0 saturated carbocycles. The number of aliphatic carboxylic acids is 1. The van der Waals surface area contributed by atoms with E-state index in [1.165, 1.54) is 0 Å². The second kappa shape index (κ2) is 5.56. The molecular weight excluding hydrogens is 244 g/mol. The smallest absolute Gasteiger partial charge is 0.308 e. The van der Waals surface area contributed by atoms with Crippen LogP contribution in [0.3, 0.4) is 0 Å². The minimum Gasteiger partial charge on any atom is -0.481 e. The van der Waals surface area contributed by atoms with E-state index >= 15 is 0 Å². The first kappa shape index (κ1) is 13.1. The van der Waals surface area contributed by atoms with Crippen LogP contribution in [0.15, 0.2) is 30.3 Å². The molecule has 0 saturated heterocycles. The van der Waals surface area contributed by atoms with Gasteiger partial charge in [-0.15, -0.1) is 0 Å². The molecule has 2 rings (SSSR count). The fourth-order valence-corrected chi connectivity index (χ4v) is 1.91. The first-order valence-electron chi connectivity index (χ1n) is 6.20. The summed E-state index contributed by atoms with van der Waals surface area (Å²) in [7, 11) is 0. The van der Waals surface area contributed by atoms with E-state index in [1.54, 1.807) is 13.0 Å². The Hall–Kier alpha value is -2.30. The van der Waals surface area contributed by atoms with Crippen molar-refractivity contribution in [2.75, 3.05) is 6.54 Å². The van der Waals surface area contributed by atoms with Crippen molar-refractivity contribution in [3.63, 3.8) is 0 Å². The van der Waals surface area contributed by atoms with Crippen molar-refractivity contribution in [2.45, 2.75) is 13.3 Å². The number of para-hydroxylation sites is 1. The fourth-order valence-electron chi connectivity index (χ4n) is 1.91. The summed E-state index contributed by atoms with van der Waals surface area (Å²) in [6.45, 7) is 1.92. The number of carbonyl (C=O) groups is 2. The van der Waals surface area contributed by atoms with Gasteiger partial charge >= 0.3 is 5.97 Å². The number of carbonyl (C=O) groups excluding carboxylic acids is 1. The zero-order valence-electron chi connectivity index (χ0n) is 10.6. The average molecular weight is 260 g/mol. The third-order valence-corrected chi connectivity index (χ3v) is 3.13. The number of fused-ring (bicyclic) bond motifs is 1. The molecule has 3 N–H and O–H groups in total. The van der Waals surface area contributed by atoms with Crippen LogP contribution in [0.4, 0.5) is 0 Å². The van der Waals surface area contributed by atoms with Gasteiger partial charge in [-0.1, -0.05) is 25.1 Å². The van der Waals surface area contributed by atoms with Crippen LogP contribution in [-0.4, -0.2) is 28.5 Å². The topological polar surface area (TPSA) is 82.2 Å². The van der Waals surface area contributed by atoms with E-state index in [2.05, 4.69) is 10.3 Å². The van der Waals surface area contributed by atoms with Gasteiger partial charge in [-0.3, -0.25) is 9.59 Å². The maximum absolute atomic E-state index is 11.9. The minimum atomic E-state index is -0.889. The highest BCUT2D eigenvalue weighted by atomic mass is 16.4. The molecule has 5 nitrogen and oxygen atoms in total. The van der Waals surface area contributed by atoms with Gasteiger partial charge in [0, 0.05) is 17.4 Å². The van der Waals surface area contributed by atoms with E-state index in [9.17, 15) is 9.59 Å². The molecule has 100 valence electrons. The van der Waals surface area contributed by atoms with Crippen LogP contribution >= 0.6 is 0 Å². The summed E-state index contributed by atoms with van der Waals surface area (Å²) in [4.78, 5) is 25.8. The molecule has 0 bridgehead atoms. The number of amides is 1. The molecule has 0 fully saturated rings. The van der Waals surface area contributed by atoms with Crippen LogP contribution in [0, 0.1) is 5.92 Å². The molecule has 19 heavy (non-hydrogen) atoms. The van der Waals surface area contributed by atoms with Crippen LogP contribution in [0.2, 0.25) is 0 Å². The molecule has 1 amide bonds. The van der Waals surface area contributed by atoms with Gasteiger partial charge in [0.25, 0.3) is 5.91 Å². The van der Waals surface area contributed by atoms with Crippen molar-refractivity contribution < 1.29 is 14.7 Å². The molecule has 1 atom stereocenters. The number of carboxylic acid groups (broad SMARTS) is 1. The van der Waals surface area contributed by atoms with Gasteiger partial charge < -0.3 is 15.4 Å². The molecule has 0 aliphatic rings. The highest BCUT2D eigenvalue weighted by molar-refractivity contribution is 5.98. The Labute approximate surface area is 110 Å². The number of rotatable bonds is 5. The molecule has 1 heterocycles. The number of H-pyrrole nitrogens is 1. The third-order valence-electron chi connectivity index (χ3n) is 3.13. The fraction of sp³-hybridized carbons (Fsp3) is 0.286. The van der Waals surface area contributed by atoms with Crippen molar-refractivity contribution in [3.05, 3.63) is 36.0 Å². The van der Waals surface area contributed by atoms with Crippen molar-refractivity contribution in [1.29, 1.82) is 0 Å². The van der Waals surface area contributed by atoms with Gasteiger partial charge in [-0.2, -0.15) is 0 Å². The number of hydrogen-bond acceptors (Lipinski definition) is 2. The molecule has 1 aromatic carbocycles. The van der Waals surface area contributed by atoms with Crippen LogP contribution in [0.25, 0.3) is 10.9 Å². The number of nitrogens with one attached hydrogen (secondary N) is 2. The maximum atomic E-state index is 11.9. The third kappa shape index (κ3) is 2.93. The standard InChI is InChI=1S/C14H16N2O3/c1-2-9(14(18)19)8-15-13(17)12-7-10-5-3-4-6-11(10)16-12/h3-7,9,16H,2,8H2,1H3,(H,15,17)(H,18,19). The van der Waals surface area contributed by atoms with Crippen LogP contribution in [-0.2, 0) is 4.79 Å². The summed E-state index contributed by atoms with van der Waals surface area (Å²) in [6.07, 6.45) is 0.488. The summed E-state index contributed by atoms with van der Waals surface area (Å²) in [5, 5.41) is 12.5. The van der Waals surface area contributed by atoms with Gasteiger partial charge in [0.1, 0.15) is 5.69 Å². The Bertz CT molecular complexity index is 571. The minimum absolute atomic E-state index is 0.139. The van der Waals surface area contributed by atoms with Crippen molar-refractivity contribution in [2.24, 2.45) is 5.92 Å². The molecule has 0 radical (unpaired) electrons. The van der Waals surface area contributed by atoms with Crippen molar-refractivity contribution in [3.8, 4) is 0 Å². The normalized spacial score (nSPS) is 12.3. The highest BCUT2D eigenvalue weighted by Crippen LogP contribution is 2.14. The number of benzene rings is 1. The van der Waals surface area contributed by atoms with E-state index in [0.717, 1.165) is 10.9 Å². The largest absolute Gasteiger partial charge is 0.481 e. The molecular formula is C14H16N2O3. The van der Waals surface area contributed by atoms with Crippen LogP contribution in [0.1, 0.15) is 23.8 Å². The lowest BCUT2D eigenvalue weighted by molar-refractivity contribution is -0.141. The van der Waals surface area contributed by atoms with E-state index < -0.39 is 11.9 Å². The summed E-state index contributed by atoms with van der Waals surface area (Å²) in [5.41, 5.74) is 1.33. The molecule has 1 unspecified atom stereocenters. The number of aromatic amines is 1. The van der Waals surface area contributed by atoms with Crippen molar-refractivity contribution in [1.82, 2.24) is 10.3 Å². The summed E-state index contributed by atoms with van der Waals surface area (Å²) < 4.78 is 0. The maximum Gasteiger partial charge on any atom is 0.308 e. The lowest BCUT2D eigenvalue weighted by atomic mass is 10.1. The predicted octanol–water partition coefficient (Wildman–Crippen LogP) is 2.01. The monoisotopic (exact) mass is 260 g/mol. The van der Waals surface area contributed by atoms with Crippen molar-refractivity contribution >= 4 is 22.8 Å². The van der Waals surface area contributed by atoms with Crippen LogP contribution in [0.5, 0.6) is 0 Å². The SMILES string of the molecule is CCC(CNC(=O)c1cc2ccccc2[nH]1)C(=O)O. The van der Waals surface area contributed by atoms with E-state index in [-0.39, 0.29) is 12.5 Å². The Morgan fingerprint density at radius 3 is 2.74 bits per heavy atom. The van der Waals surface area contributed by atoms with Gasteiger partial charge in [0.05, 0.1) is 5.92 Å². The zero-order valence-corrected chi connectivity index (χ0v) is 10.6. The highest BCUT2D eigenvalue weighted by Gasteiger charge is 2.17. The Balaban J connectivity index is 2.05. The molecule has 2 aromatic rings.